The summed E-state index contributed by atoms with van der Waals surface area (Å²) in [7, 11) is 0. The van der Waals surface area contributed by atoms with Crippen LogP contribution in [0.5, 0.6) is 11.5 Å². The van der Waals surface area contributed by atoms with E-state index in [1.54, 1.807) is 48.5 Å². The first-order chi connectivity index (χ1) is 20.9. The number of ether oxygens (including phenoxy) is 3. The van der Waals surface area contributed by atoms with Crippen molar-refractivity contribution in [3.63, 3.8) is 0 Å². The Morgan fingerprint density at radius 2 is 1.63 bits per heavy atom. The number of nitrogens with one attached hydrogen (secondary N) is 1. The predicted octanol–water partition coefficient (Wildman–Crippen LogP) is 6.12. The predicted molar refractivity (Wildman–Crippen MR) is 162 cm³/mol. The molecule has 4 aromatic rings. The monoisotopic (exact) mass is 580 g/mol. The molecule has 1 aliphatic heterocycles. The van der Waals surface area contributed by atoms with Crippen molar-refractivity contribution in [3.05, 3.63) is 96.6 Å². The van der Waals surface area contributed by atoms with Crippen molar-refractivity contribution in [2.75, 3.05) is 30.0 Å². The highest BCUT2D eigenvalue weighted by atomic mass is 16.5. The summed E-state index contributed by atoms with van der Waals surface area (Å²) in [5, 5.41) is 4.70. The molecule has 0 aliphatic carbocycles. The minimum atomic E-state index is -0.690. The van der Waals surface area contributed by atoms with E-state index in [4.69, 9.17) is 14.2 Å². The molecule has 220 valence electrons. The van der Waals surface area contributed by atoms with Crippen LogP contribution in [0.1, 0.15) is 36.5 Å². The maximum Gasteiger partial charge on any atom is 0.338 e. The SMILES string of the molecule is CCCCOC(=O)c1ccc(NC(=O)COC(=O)[C@@H]2CC(=O)N(c3ccc(Oc4cccc5ccccc45)cc3)C2)cc1. The van der Waals surface area contributed by atoms with Gasteiger partial charge in [-0.2, -0.15) is 0 Å². The first-order valence-electron chi connectivity index (χ1n) is 14.2. The molecular weight excluding hydrogens is 548 g/mol. The molecule has 2 amide bonds. The third kappa shape index (κ3) is 7.37. The highest BCUT2D eigenvalue weighted by Gasteiger charge is 2.36. The molecule has 43 heavy (non-hydrogen) atoms. The third-order valence-electron chi connectivity index (χ3n) is 7.07. The number of hydrogen-bond acceptors (Lipinski definition) is 7. The van der Waals surface area contributed by atoms with Crippen LogP contribution in [0.4, 0.5) is 11.4 Å². The first kappa shape index (κ1) is 29.3. The Kier molecular flexibility index (Phi) is 9.31. The Labute approximate surface area is 249 Å². The van der Waals surface area contributed by atoms with Crippen molar-refractivity contribution in [2.24, 2.45) is 5.92 Å². The van der Waals surface area contributed by atoms with Gasteiger partial charge in [0.25, 0.3) is 5.91 Å². The highest BCUT2D eigenvalue weighted by Crippen LogP contribution is 2.32. The van der Waals surface area contributed by atoms with Crippen LogP contribution in [0.3, 0.4) is 0 Å². The lowest BCUT2D eigenvalue weighted by Crippen LogP contribution is -2.28. The fourth-order valence-electron chi connectivity index (χ4n) is 4.75. The summed E-state index contributed by atoms with van der Waals surface area (Å²) < 4.78 is 16.5. The van der Waals surface area contributed by atoms with E-state index in [-0.39, 0.29) is 18.9 Å². The number of fused-ring (bicyclic) bond motifs is 1. The minimum Gasteiger partial charge on any atom is -0.462 e. The summed E-state index contributed by atoms with van der Waals surface area (Å²) in [4.78, 5) is 51.3. The lowest BCUT2D eigenvalue weighted by molar-refractivity contribution is -0.151. The molecule has 0 spiro atoms. The van der Waals surface area contributed by atoms with Crippen molar-refractivity contribution in [2.45, 2.75) is 26.2 Å². The van der Waals surface area contributed by atoms with Gasteiger partial charge in [0.15, 0.2) is 6.61 Å². The second-order valence-electron chi connectivity index (χ2n) is 10.2. The highest BCUT2D eigenvalue weighted by molar-refractivity contribution is 6.00. The third-order valence-corrected chi connectivity index (χ3v) is 7.07. The zero-order valence-electron chi connectivity index (χ0n) is 23.8. The molecular formula is C34H32N2O7. The van der Waals surface area contributed by atoms with Crippen LogP contribution in [0.2, 0.25) is 0 Å². The second kappa shape index (κ2) is 13.7. The van der Waals surface area contributed by atoms with Crippen LogP contribution in [-0.2, 0) is 23.9 Å². The number of benzene rings is 4. The van der Waals surface area contributed by atoms with Gasteiger partial charge in [-0.15, -0.1) is 0 Å². The zero-order valence-corrected chi connectivity index (χ0v) is 23.8. The molecule has 4 aromatic carbocycles. The molecule has 0 radical (unpaired) electrons. The number of amides is 2. The molecule has 1 N–H and O–H groups in total. The molecule has 1 heterocycles. The Bertz CT molecular complexity index is 1610. The molecule has 1 atom stereocenters. The Balaban J connectivity index is 1.10. The fourth-order valence-corrected chi connectivity index (χ4v) is 4.75. The van der Waals surface area contributed by atoms with E-state index in [0.29, 0.717) is 29.3 Å². The summed E-state index contributed by atoms with van der Waals surface area (Å²) in [5.41, 5.74) is 1.46. The summed E-state index contributed by atoms with van der Waals surface area (Å²) in [6, 6.07) is 27.2. The Morgan fingerprint density at radius 3 is 2.40 bits per heavy atom. The lowest BCUT2D eigenvalue weighted by Gasteiger charge is -2.17. The number of carbonyl (C=O) groups excluding carboxylic acids is 4. The van der Waals surface area contributed by atoms with Crippen molar-refractivity contribution in [1.82, 2.24) is 0 Å². The molecule has 0 unspecified atom stereocenters. The normalized spacial score (nSPS) is 14.4. The van der Waals surface area contributed by atoms with Crippen molar-refractivity contribution >= 4 is 45.9 Å². The van der Waals surface area contributed by atoms with Gasteiger partial charge in [0.1, 0.15) is 11.5 Å². The van der Waals surface area contributed by atoms with Crippen LogP contribution >= 0.6 is 0 Å². The van der Waals surface area contributed by atoms with Crippen LogP contribution < -0.4 is 15.0 Å². The van der Waals surface area contributed by atoms with Crippen molar-refractivity contribution < 1.29 is 33.4 Å². The number of nitrogens with zero attached hydrogens (tertiary/aromatic N) is 1. The van der Waals surface area contributed by atoms with E-state index in [9.17, 15) is 19.2 Å². The van der Waals surface area contributed by atoms with Crippen LogP contribution in [0, 0.1) is 5.92 Å². The maximum absolute atomic E-state index is 12.7. The number of carbonyl (C=O) groups is 4. The summed E-state index contributed by atoms with van der Waals surface area (Å²) in [6.45, 7) is 2.02. The van der Waals surface area contributed by atoms with Crippen molar-refractivity contribution in [3.8, 4) is 11.5 Å². The van der Waals surface area contributed by atoms with E-state index >= 15 is 0 Å². The number of esters is 2. The standard InChI is InChI=1S/C34H32N2O7/c1-2-3-19-41-33(39)24-11-13-26(14-12-24)35-31(37)22-42-34(40)25-20-32(38)36(21-25)27-15-17-28(18-16-27)43-30-10-6-8-23-7-4-5-9-29(23)30/h4-18,25H,2-3,19-22H2,1H3,(H,35,37)/t25-/m1/s1. The van der Waals surface area contributed by atoms with Crippen LogP contribution in [-0.4, -0.2) is 43.5 Å². The molecule has 0 saturated carbocycles. The lowest BCUT2D eigenvalue weighted by atomic mass is 10.1. The maximum atomic E-state index is 12.7. The van der Waals surface area contributed by atoms with Crippen molar-refractivity contribution in [1.29, 1.82) is 0 Å². The van der Waals surface area contributed by atoms with Gasteiger partial charge < -0.3 is 24.4 Å². The minimum absolute atomic E-state index is 0.00940. The van der Waals surface area contributed by atoms with Gasteiger partial charge >= 0.3 is 11.9 Å². The second-order valence-corrected chi connectivity index (χ2v) is 10.2. The van der Waals surface area contributed by atoms with E-state index in [2.05, 4.69) is 5.32 Å². The van der Waals surface area contributed by atoms with Gasteiger partial charge in [0.05, 0.1) is 18.1 Å². The fraction of sp³-hybridized carbons (Fsp3) is 0.235. The largest absolute Gasteiger partial charge is 0.462 e. The zero-order chi connectivity index (χ0) is 30.2. The van der Waals surface area contributed by atoms with Gasteiger partial charge in [0.2, 0.25) is 5.91 Å². The van der Waals surface area contributed by atoms with E-state index in [1.165, 1.54) is 4.90 Å². The first-order valence-corrected chi connectivity index (χ1v) is 14.2. The topological polar surface area (TPSA) is 111 Å². The quantitative estimate of drug-likeness (QED) is 0.168. The molecule has 1 aliphatic rings. The molecule has 0 bridgehead atoms. The number of anilines is 2. The van der Waals surface area contributed by atoms with Gasteiger partial charge in [0, 0.05) is 29.7 Å². The molecule has 1 fully saturated rings. The Hall–Kier alpha value is -5.18. The van der Waals surface area contributed by atoms with Gasteiger partial charge in [-0.05, 0) is 66.4 Å². The van der Waals surface area contributed by atoms with Crippen LogP contribution in [0.25, 0.3) is 10.8 Å². The van der Waals surface area contributed by atoms with Gasteiger partial charge in [-0.3, -0.25) is 14.4 Å². The van der Waals surface area contributed by atoms with E-state index in [1.807, 2.05) is 49.4 Å². The Morgan fingerprint density at radius 1 is 0.884 bits per heavy atom. The van der Waals surface area contributed by atoms with Gasteiger partial charge in [-0.25, -0.2) is 4.79 Å². The molecule has 1 saturated heterocycles. The molecule has 9 heteroatoms. The average Bonchev–Trinajstić information content (AvgIpc) is 3.42. The summed E-state index contributed by atoms with van der Waals surface area (Å²) >= 11 is 0. The summed E-state index contributed by atoms with van der Waals surface area (Å²) in [6.07, 6.45) is 1.71. The van der Waals surface area contributed by atoms with Crippen LogP contribution in [0.15, 0.2) is 91.0 Å². The molecule has 5 rings (SSSR count). The summed E-state index contributed by atoms with van der Waals surface area (Å²) in [5.74, 6) is -1.12. The van der Waals surface area contributed by atoms with Gasteiger partial charge in [-0.1, -0.05) is 49.7 Å². The number of unbranched alkanes of at least 4 members (excludes halogenated alkanes) is 1. The van der Waals surface area contributed by atoms with E-state index < -0.39 is 30.4 Å². The molecule has 9 nitrogen and oxygen atoms in total. The number of hydrogen-bond donors (Lipinski definition) is 1. The average molecular weight is 581 g/mol. The number of rotatable bonds is 11. The van der Waals surface area contributed by atoms with E-state index in [0.717, 1.165) is 29.4 Å². The smallest absolute Gasteiger partial charge is 0.338 e. The molecule has 0 aromatic heterocycles.